The van der Waals surface area contributed by atoms with E-state index in [0.29, 0.717) is 23.5 Å². The summed E-state index contributed by atoms with van der Waals surface area (Å²) in [5.41, 5.74) is 3.19. The van der Waals surface area contributed by atoms with Crippen LogP contribution >= 0.6 is 0 Å². The molecule has 156 valence electrons. The van der Waals surface area contributed by atoms with E-state index in [-0.39, 0.29) is 30.6 Å². The predicted octanol–water partition coefficient (Wildman–Crippen LogP) is 3.64. The maximum atomic E-state index is 13.6. The molecule has 0 spiro atoms. The second-order valence-electron chi connectivity index (χ2n) is 7.71. The number of Topliss-reactive ketones (excluding diaryl/α,β-unsaturated/α-hetero) is 1. The quantitative estimate of drug-likeness (QED) is 0.604. The first-order valence-electron chi connectivity index (χ1n) is 10.4. The Morgan fingerprint density at radius 1 is 1.13 bits per heavy atom. The minimum absolute atomic E-state index is 0.126. The van der Waals surface area contributed by atoms with Crippen molar-refractivity contribution in [2.24, 2.45) is 5.92 Å². The number of aryl methyl sites for hydroxylation is 1. The molecule has 0 radical (unpaired) electrons. The lowest BCUT2D eigenvalue weighted by molar-refractivity contribution is -0.152. The maximum Gasteiger partial charge on any atom is 0.317 e. The van der Waals surface area contributed by atoms with Gasteiger partial charge in [0.2, 0.25) is 5.91 Å². The van der Waals surface area contributed by atoms with Gasteiger partial charge in [0.15, 0.2) is 5.78 Å². The van der Waals surface area contributed by atoms with Crippen molar-refractivity contribution < 1.29 is 23.5 Å². The van der Waals surface area contributed by atoms with Crippen LogP contribution < -0.4 is 5.32 Å². The smallest absolute Gasteiger partial charge is 0.317 e. The summed E-state index contributed by atoms with van der Waals surface area (Å²) in [6.07, 6.45) is 2.95. The molecule has 0 saturated carbocycles. The van der Waals surface area contributed by atoms with Gasteiger partial charge in [-0.2, -0.15) is 0 Å². The van der Waals surface area contributed by atoms with Gasteiger partial charge in [0.1, 0.15) is 11.7 Å². The highest BCUT2D eigenvalue weighted by Gasteiger charge is 2.48. The van der Waals surface area contributed by atoms with E-state index in [1.54, 1.807) is 19.1 Å². The van der Waals surface area contributed by atoms with Gasteiger partial charge < -0.3 is 14.5 Å². The summed E-state index contributed by atoms with van der Waals surface area (Å²) in [6.45, 7) is 3.99. The molecule has 0 unspecified atom stereocenters. The van der Waals surface area contributed by atoms with Crippen molar-refractivity contribution in [2.75, 3.05) is 6.61 Å². The van der Waals surface area contributed by atoms with E-state index in [2.05, 4.69) is 12.2 Å². The van der Waals surface area contributed by atoms with E-state index in [4.69, 9.17) is 9.15 Å². The molecule has 0 fully saturated rings. The van der Waals surface area contributed by atoms with Crippen LogP contribution in [0.3, 0.4) is 0 Å². The average molecular weight is 407 g/mol. The Bertz CT molecular complexity index is 987. The first-order chi connectivity index (χ1) is 14.5. The predicted molar refractivity (Wildman–Crippen MR) is 110 cm³/mol. The second-order valence-corrected chi connectivity index (χ2v) is 7.71. The number of benzene rings is 1. The highest BCUT2D eigenvalue weighted by molar-refractivity contribution is 6.12. The lowest BCUT2D eigenvalue weighted by atomic mass is 9.69. The van der Waals surface area contributed by atoms with Crippen LogP contribution in [0.5, 0.6) is 0 Å². The fourth-order valence-corrected chi connectivity index (χ4v) is 4.49. The molecule has 2 heterocycles. The van der Waals surface area contributed by atoms with Gasteiger partial charge in [-0.3, -0.25) is 14.4 Å². The Hall–Kier alpha value is -3.15. The van der Waals surface area contributed by atoms with Gasteiger partial charge in [-0.05, 0) is 43.0 Å². The van der Waals surface area contributed by atoms with Gasteiger partial charge in [-0.25, -0.2) is 0 Å². The molecule has 1 N–H and O–H groups in total. The average Bonchev–Trinajstić information content (AvgIpc) is 3.27. The van der Waals surface area contributed by atoms with E-state index in [1.807, 2.05) is 24.3 Å². The summed E-state index contributed by atoms with van der Waals surface area (Å²) in [7, 11) is 0. The number of esters is 1. The minimum atomic E-state index is -0.984. The van der Waals surface area contributed by atoms with Gasteiger partial charge in [-0.15, -0.1) is 0 Å². The summed E-state index contributed by atoms with van der Waals surface area (Å²) >= 11 is 0. The molecule has 2 aromatic rings. The van der Waals surface area contributed by atoms with Crippen LogP contribution in [0.15, 0.2) is 58.3 Å². The van der Waals surface area contributed by atoms with Gasteiger partial charge >= 0.3 is 5.97 Å². The van der Waals surface area contributed by atoms with Crippen LogP contribution in [-0.4, -0.2) is 24.3 Å². The minimum Gasteiger partial charge on any atom is -0.469 e. The first-order valence-corrected chi connectivity index (χ1v) is 10.4. The maximum absolute atomic E-state index is 13.6. The van der Waals surface area contributed by atoms with Crippen molar-refractivity contribution in [1.29, 1.82) is 0 Å². The summed E-state index contributed by atoms with van der Waals surface area (Å²) in [6, 6.07) is 11.5. The summed E-state index contributed by atoms with van der Waals surface area (Å²) in [5, 5.41) is 2.88. The Morgan fingerprint density at radius 3 is 2.53 bits per heavy atom. The lowest BCUT2D eigenvalue weighted by Gasteiger charge is -2.37. The number of ketones is 1. The van der Waals surface area contributed by atoms with Gasteiger partial charge in [0.25, 0.3) is 0 Å². The van der Waals surface area contributed by atoms with Crippen molar-refractivity contribution in [2.45, 2.75) is 44.9 Å². The molecule has 0 bridgehead atoms. The Kier molecular flexibility index (Phi) is 5.57. The number of allylic oxidation sites excluding steroid dienone is 2. The fraction of sp³-hybridized carbons (Fsp3) is 0.375. The lowest BCUT2D eigenvalue weighted by Crippen LogP contribution is -2.44. The number of carbonyl (C=O) groups excluding carboxylic acids is 3. The highest BCUT2D eigenvalue weighted by atomic mass is 16.5. The molecule has 6 nitrogen and oxygen atoms in total. The molecule has 1 aromatic heterocycles. The standard InChI is InChI=1S/C24H25NO5/c1-3-14-7-9-15(10-8-14)16-13-20(26)25-18-12-17(19-6-5-11-30-19)22(23(27)21(16)18)24(28)29-4-2/h5-11,16-17,22H,3-4,12-13H2,1-2H3,(H,25,26)/t16-,17+,22+/m1/s1. The second kappa shape index (κ2) is 8.30. The molecule has 4 rings (SSSR count). The number of carbonyl (C=O) groups is 3. The zero-order chi connectivity index (χ0) is 21.3. The van der Waals surface area contributed by atoms with Crippen molar-refractivity contribution in [3.63, 3.8) is 0 Å². The molecule has 0 saturated heterocycles. The summed E-state index contributed by atoms with van der Waals surface area (Å²) in [4.78, 5) is 38.9. The van der Waals surface area contributed by atoms with E-state index >= 15 is 0 Å². The zero-order valence-electron chi connectivity index (χ0n) is 17.1. The molecular formula is C24H25NO5. The topological polar surface area (TPSA) is 85.6 Å². The van der Waals surface area contributed by atoms with E-state index in [0.717, 1.165) is 12.0 Å². The van der Waals surface area contributed by atoms with Gasteiger partial charge in [-0.1, -0.05) is 31.2 Å². The largest absolute Gasteiger partial charge is 0.469 e. The SMILES string of the molecule is CCOC(=O)[C@@H]1C(=O)C2=C(C[C@H]1c1ccco1)NC(=O)C[C@@H]2c1ccc(CC)cc1. The number of amides is 1. The number of furan rings is 1. The van der Waals surface area contributed by atoms with Gasteiger partial charge in [0, 0.05) is 29.5 Å². The molecule has 1 amide bonds. The Morgan fingerprint density at radius 2 is 1.90 bits per heavy atom. The van der Waals surface area contributed by atoms with Crippen LogP contribution in [0.2, 0.25) is 0 Å². The van der Waals surface area contributed by atoms with E-state index < -0.39 is 17.8 Å². The van der Waals surface area contributed by atoms with Crippen molar-refractivity contribution in [3.8, 4) is 0 Å². The Labute approximate surface area is 175 Å². The number of hydrogen-bond donors (Lipinski definition) is 1. The number of rotatable bonds is 5. The number of nitrogens with one attached hydrogen (secondary N) is 1. The molecular weight excluding hydrogens is 382 g/mol. The third-order valence-electron chi connectivity index (χ3n) is 5.97. The number of ether oxygens (including phenoxy) is 1. The normalized spacial score (nSPS) is 23.7. The van der Waals surface area contributed by atoms with Crippen LogP contribution in [-0.2, 0) is 25.5 Å². The van der Waals surface area contributed by atoms with Crippen molar-refractivity contribution in [3.05, 3.63) is 70.8 Å². The third-order valence-corrected chi connectivity index (χ3v) is 5.97. The monoisotopic (exact) mass is 407 g/mol. The zero-order valence-corrected chi connectivity index (χ0v) is 17.1. The van der Waals surface area contributed by atoms with Crippen molar-refractivity contribution in [1.82, 2.24) is 5.32 Å². The van der Waals surface area contributed by atoms with E-state index in [9.17, 15) is 14.4 Å². The molecule has 1 aliphatic heterocycles. The molecule has 1 aromatic carbocycles. The summed E-state index contributed by atoms with van der Waals surface area (Å²) in [5.74, 6) is -2.29. The van der Waals surface area contributed by atoms with Gasteiger partial charge in [0.05, 0.1) is 12.9 Å². The molecule has 2 aliphatic rings. The summed E-state index contributed by atoms with van der Waals surface area (Å²) < 4.78 is 10.8. The Balaban J connectivity index is 1.78. The molecule has 6 heteroatoms. The number of hydrogen-bond acceptors (Lipinski definition) is 5. The molecule has 3 atom stereocenters. The third kappa shape index (κ3) is 3.58. The molecule has 30 heavy (non-hydrogen) atoms. The first kappa shape index (κ1) is 20.1. The van der Waals surface area contributed by atoms with Crippen LogP contribution in [0.1, 0.15) is 55.4 Å². The van der Waals surface area contributed by atoms with Crippen LogP contribution in [0.25, 0.3) is 0 Å². The fourth-order valence-electron chi connectivity index (χ4n) is 4.49. The van der Waals surface area contributed by atoms with E-state index in [1.165, 1.54) is 11.8 Å². The highest BCUT2D eigenvalue weighted by Crippen LogP contribution is 2.45. The van der Waals surface area contributed by atoms with Crippen molar-refractivity contribution >= 4 is 17.7 Å². The van der Waals surface area contributed by atoms with Crippen LogP contribution in [0, 0.1) is 5.92 Å². The van der Waals surface area contributed by atoms with Crippen LogP contribution in [0.4, 0.5) is 0 Å². The molecule has 1 aliphatic carbocycles.